The summed E-state index contributed by atoms with van der Waals surface area (Å²) in [6, 6.07) is 5.71. The van der Waals surface area contributed by atoms with Crippen LogP contribution in [-0.2, 0) is 10.3 Å². The zero-order chi connectivity index (χ0) is 14.0. The maximum atomic E-state index is 11.9. The number of nitrogens with one attached hydrogen (secondary N) is 1. The van der Waals surface area contributed by atoms with Crippen molar-refractivity contribution in [3.05, 3.63) is 23.8 Å². The minimum atomic E-state index is -0.957. The molecule has 0 aromatic heterocycles. The molecule has 1 aliphatic rings. The van der Waals surface area contributed by atoms with Crippen LogP contribution in [0.3, 0.4) is 0 Å². The Morgan fingerprint density at radius 3 is 2.53 bits per heavy atom. The fourth-order valence-corrected chi connectivity index (χ4v) is 2.12. The molecule has 1 fully saturated rings. The molecular formula is C14H20N2O3. The van der Waals surface area contributed by atoms with Crippen molar-refractivity contribution in [1.29, 1.82) is 0 Å². The Balaban J connectivity index is 2.46. The van der Waals surface area contributed by atoms with Crippen LogP contribution in [0.25, 0.3) is 0 Å². The van der Waals surface area contributed by atoms with Crippen LogP contribution in [-0.4, -0.2) is 26.2 Å². The van der Waals surface area contributed by atoms with E-state index in [1.165, 1.54) is 0 Å². The van der Waals surface area contributed by atoms with Crippen molar-refractivity contribution in [2.75, 3.05) is 14.2 Å². The molecule has 1 saturated carbocycles. The second kappa shape index (κ2) is 5.09. The van der Waals surface area contributed by atoms with E-state index in [-0.39, 0.29) is 0 Å². The number of amides is 1. The fourth-order valence-electron chi connectivity index (χ4n) is 2.12. The van der Waals surface area contributed by atoms with Gasteiger partial charge >= 0.3 is 0 Å². The zero-order valence-electron chi connectivity index (χ0n) is 11.5. The minimum absolute atomic E-state index is 0.341. The standard InChI is InChI=1S/C14H20N2O3/c1-14(13(15)17,16-9-4-5-9)11-8-10(18-2)6-7-12(11)19-3/h6-9,16H,4-5H2,1-3H3,(H2,15,17). The Kier molecular flexibility index (Phi) is 3.66. The second-order valence-corrected chi connectivity index (χ2v) is 4.97. The van der Waals surface area contributed by atoms with Crippen LogP contribution >= 0.6 is 0 Å². The normalized spacial score (nSPS) is 17.6. The molecule has 1 atom stereocenters. The molecule has 2 rings (SSSR count). The van der Waals surface area contributed by atoms with Gasteiger partial charge in [-0.1, -0.05) is 0 Å². The van der Waals surface area contributed by atoms with Crippen LogP contribution in [0.5, 0.6) is 11.5 Å². The van der Waals surface area contributed by atoms with E-state index >= 15 is 0 Å². The van der Waals surface area contributed by atoms with Crippen LogP contribution in [0.1, 0.15) is 25.3 Å². The molecule has 1 aromatic carbocycles. The lowest BCUT2D eigenvalue weighted by Gasteiger charge is -2.30. The number of carbonyl (C=O) groups excluding carboxylic acids is 1. The van der Waals surface area contributed by atoms with E-state index in [0.29, 0.717) is 23.1 Å². The summed E-state index contributed by atoms with van der Waals surface area (Å²) in [6.45, 7) is 1.78. The van der Waals surface area contributed by atoms with Crippen LogP contribution in [0, 0.1) is 0 Å². The first-order valence-corrected chi connectivity index (χ1v) is 6.31. The molecule has 1 amide bonds. The van der Waals surface area contributed by atoms with E-state index in [1.54, 1.807) is 39.3 Å². The number of primary amides is 1. The largest absolute Gasteiger partial charge is 0.497 e. The Morgan fingerprint density at radius 1 is 1.37 bits per heavy atom. The van der Waals surface area contributed by atoms with Gasteiger partial charge in [-0.2, -0.15) is 0 Å². The highest BCUT2D eigenvalue weighted by Crippen LogP contribution is 2.35. The van der Waals surface area contributed by atoms with E-state index in [9.17, 15) is 4.79 Å². The summed E-state index contributed by atoms with van der Waals surface area (Å²) < 4.78 is 10.6. The summed E-state index contributed by atoms with van der Waals surface area (Å²) in [7, 11) is 3.16. The van der Waals surface area contributed by atoms with Gasteiger partial charge < -0.3 is 15.2 Å². The van der Waals surface area contributed by atoms with Gasteiger partial charge in [0.1, 0.15) is 17.0 Å². The van der Waals surface area contributed by atoms with E-state index in [0.717, 1.165) is 12.8 Å². The lowest BCUT2D eigenvalue weighted by atomic mass is 9.89. The average molecular weight is 264 g/mol. The summed E-state index contributed by atoms with van der Waals surface area (Å²) >= 11 is 0. The van der Waals surface area contributed by atoms with E-state index in [4.69, 9.17) is 15.2 Å². The monoisotopic (exact) mass is 264 g/mol. The van der Waals surface area contributed by atoms with Crippen molar-refractivity contribution in [3.63, 3.8) is 0 Å². The number of hydrogen-bond donors (Lipinski definition) is 2. The Bertz CT molecular complexity index is 486. The second-order valence-electron chi connectivity index (χ2n) is 4.97. The summed E-state index contributed by atoms with van der Waals surface area (Å²) in [5, 5.41) is 3.30. The van der Waals surface area contributed by atoms with Gasteiger partial charge in [-0.15, -0.1) is 0 Å². The molecule has 0 bridgehead atoms. The molecule has 0 spiro atoms. The molecule has 0 heterocycles. The van der Waals surface area contributed by atoms with E-state index < -0.39 is 11.4 Å². The minimum Gasteiger partial charge on any atom is -0.497 e. The lowest BCUT2D eigenvalue weighted by molar-refractivity contribution is -0.124. The van der Waals surface area contributed by atoms with Crippen LogP contribution in [0.4, 0.5) is 0 Å². The highest BCUT2D eigenvalue weighted by molar-refractivity contribution is 5.87. The van der Waals surface area contributed by atoms with Gasteiger partial charge in [0.15, 0.2) is 0 Å². The molecule has 3 N–H and O–H groups in total. The van der Waals surface area contributed by atoms with Crippen LogP contribution < -0.4 is 20.5 Å². The molecule has 104 valence electrons. The van der Waals surface area contributed by atoms with Gasteiger partial charge in [0.05, 0.1) is 14.2 Å². The maximum absolute atomic E-state index is 11.9. The predicted molar refractivity (Wildman–Crippen MR) is 72.3 cm³/mol. The molecule has 0 saturated heterocycles. The predicted octanol–water partition coefficient (Wildman–Crippen LogP) is 1.16. The van der Waals surface area contributed by atoms with Crippen LogP contribution in [0.15, 0.2) is 18.2 Å². The van der Waals surface area contributed by atoms with E-state index in [1.807, 2.05) is 0 Å². The first-order chi connectivity index (χ1) is 9.01. The maximum Gasteiger partial charge on any atom is 0.242 e. The van der Waals surface area contributed by atoms with Crippen molar-refractivity contribution in [3.8, 4) is 11.5 Å². The topological polar surface area (TPSA) is 73.6 Å². The molecule has 5 heteroatoms. The third kappa shape index (κ3) is 2.66. The fraction of sp³-hybridized carbons (Fsp3) is 0.500. The molecule has 5 nitrogen and oxygen atoms in total. The smallest absolute Gasteiger partial charge is 0.242 e. The quantitative estimate of drug-likeness (QED) is 0.808. The van der Waals surface area contributed by atoms with Gasteiger partial charge in [0, 0.05) is 11.6 Å². The number of hydrogen-bond acceptors (Lipinski definition) is 4. The third-order valence-corrected chi connectivity index (χ3v) is 3.51. The average Bonchev–Trinajstić information content (AvgIpc) is 3.21. The molecule has 1 unspecified atom stereocenters. The summed E-state index contributed by atoms with van der Waals surface area (Å²) in [6.07, 6.45) is 2.13. The molecule has 0 radical (unpaired) electrons. The molecule has 1 aliphatic carbocycles. The number of benzene rings is 1. The Morgan fingerprint density at radius 2 is 2.05 bits per heavy atom. The number of carbonyl (C=O) groups is 1. The van der Waals surface area contributed by atoms with E-state index in [2.05, 4.69) is 5.32 Å². The summed E-state index contributed by atoms with van der Waals surface area (Å²) in [5.74, 6) is 0.863. The molecule has 1 aromatic rings. The number of methoxy groups -OCH3 is 2. The van der Waals surface area contributed by atoms with Crippen LogP contribution in [0.2, 0.25) is 0 Å². The molecular weight excluding hydrogens is 244 g/mol. The number of rotatable bonds is 6. The number of nitrogens with two attached hydrogens (primary N) is 1. The SMILES string of the molecule is COc1ccc(OC)c(C(C)(NC2CC2)C(N)=O)c1. The summed E-state index contributed by atoms with van der Waals surface area (Å²) in [5.41, 5.74) is 5.34. The lowest BCUT2D eigenvalue weighted by Crippen LogP contribution is -2.51. The van der Waals surface area contributed by atoms with Gasteiger partial charge in [-0.3, -0.25) is 10.1 Å². The van der Waals surface area contributed by atoms with Crippen molar-refractivity contribution in [2.24, 2.45) is 5.73 Å². The molecule has 0 aliphatic heterocycles. The van der Waals surface area contributed by atoms with Gasteiger partial charge in [0.25, 0.3) is 0 Å². The Labute approximate surface area is 113 Å². The van der Waals surface area contributed by atoms with Gasteiger partial charge in [-0.25, -0.2) is 0 Å². The first kappa shape index (κ1) is 13.7. The van der Waals surface area contributed by atoms with Crippen molar-refractivity contribution in [2.45, 2.75) is 31.3 Å². The van der Waals surface area contributed by atoms with Crippen molar-refractivity contribution in [1.82, 2.24) is 5.32 Å². The highest BCUT2D eigenvalue weighted by atomic mass is 16.5. The third-order valence-electron chi connectivity index (χ3n) is 3.51. The van der Waals surface area contributed by atoms with Gasteiger partial charge in [-0.05, 0) is 38.0 Å². The first-order valence-electron chi connectivity index (χ1n) is 6.31. The number of ether oxygens (including phenoxy) is 2. The Hall–Kier alpha value is -1.75. The zero-order valence-corrected chi connectivity index (χ0v) is 11.5. The van der Waals surface area contributed by atoms with Gasteiger partial charge in [0.2, 0.25) is 5.91 Å². The van der Waals surface area contributed by atoms with Crippen molar-refractivity contribution < 1.29 is 14.3 Å². The molecule has 19 heavy (non-hydrogen) atoms. The van der Waals surface area contributed by atoms with Crippen molar-refractivity contribution >= 4 is 5.91 Å². The summed E-state index contributed by atoms with van der Waals surface area (Å²) in [4.78, 5) is 11.9. The highest BCUT2D eigenvalue weighted by Gasteiger charge is 2.40.